The summed E-state index contributed by atoms with van der Waals surface area (Å²) in [4.78, 5) is 11.2. The molecule has 0 aromatic heterocycles. The van der Waals surface area contributed by atoms with Crippen LogP contribution in [-0.2, 0) is 4.79 Å². The van der Waals surface area contributed by atoms with Gasteiger partial charge in [0.15, 0.2) is 5.78 Å². The van der Waals surface area contributed by atoms with Crippen molar-refractivity contribution in [3.8, 4) is 0 Å². The molecule has 1 atom stereocenters. The highest BCUT2D eigenvalue weighted by Crippen LogP contribution is 2.10. The van der Waals surface area contributed by atoms with E-state index < -0.39 is 6.10 Å². The van der Waals surface area contributed by atoms with Gasteiger partial charge in [-0.3, -0.25) is 4.79 Å². The Morgan fingerprint density at radius 2 is 1.93 bits per heavy atom. The van der Waals surface area contributed by atoms with Gasteiger partial charge in [0, 0.05) is 5.57 Å². The lowest BCUT2D eigenvalue weighted by Crippen LogP contribution is -2.11. The first-order valence-electron chi connectivity index (χ1n) is 4.57. The number of benzene rings is 1. The zero-order valence-corrected chi connectivity index (χ0v) is 8.40. The summed E-state index contributed by atoms with van der Waals surface area (Å²) < 4.78 is 0. The summed E-state index contributed by atoms with van der Waals surface area (Å²) in [5, 5.41) is 9.35. The van der Waals surface area contributed by atoms with Gasteiger partial charge in [0.2, 0.25) is 0 Å². The third-order valence-corrected chi connectivity index (χ3v) is 1.98. The second-order valence-corrected chi connectivity index (χ2v) is 3.24. The van der Waals surface area contributed by atoms with Gasteiger partial charge < -0.3 is 5.11 Å². The van der Waals surface area contributed by atoms with Crippen molar-refractivity contribution in [3.05, 3.63) is 41.5 Å². The van der Waals surface area contributed by atoms with Crippen molar-refractivity contribution in [1.82, 2.24) is 0 Å². The molecule has 0 spiro atoms. The van der Waals surface area contributed by atoms with Crippen LogP contribution in [0.2, 0.25) is 0 Å². The standard InChI is InChI=1S/C12H14O2/c1-9(13)12(10(2)14)8-11-6-4-3-5-7-11/h3-9,13H,1-2H3/b12-8+. The van der Waals surface area contributed by atoms with Crippen LogP contribution in [0.1, 0.15) is 19.4 Å². The van der Waals surface area contributed by atoms with Crippen molar-refractivity contribution < 1.29 is 9.90 Å². The molecule has 1 aromatic carbocycles. The summed E-state index contributed by atoms with van der Waals surface area (Å²) in [7, 11) is 0. The molecule has 0 aliphatic carbocycles. The van der Waals surface area contributed by atoms with Gasteiger partial charge in [0.1, 0.15) is 0 Å². The molecule has 0 aliphatic rings. The number of ketones is 1. The first kappa shape index (κ1) is 10.7. The third-order valence-electron chi connectivity index (χ3n) is 1.98. The normalized spacial score (nSPS) is 13.8. The summed E-state index contributed by atoms with van der Waals surface area (Å²) in [5.74, 6) is -0.0937. The van der Waals surface area contributed by atoms with Crippen LogP contribution in [0.5, 0.6) is 0 Å². The molecule has 2 nitrogen and oxygen atoms in total. The Labute approximate surface area is 83.9 Å². The summed E-state index contributed by atoms with van der Waals surface area (Å²) >= 11 is 0. The van der Waals surface area contributed by atoms with Crippen molar-refractivity contribution in [2.45, 2.75) is 20.0 Å². The second kappa shape index (κ2) is 4.72. The minimum Gasteiger partial charge on any atom is -0.389 e. The van der Waals surface area contributed by atoms with Crippen molar-refractivity contribution in [1.29, 1.82) is 0 Å². The summed E-state index contributed by atoms with van der Waals surface area (Å²) in [6.45, 7) is 3.05. The van der Waals surface area contributed by atoms with Crippen LogP contribution in [0.4, 0.5) is 0 Å². The molecule has 0 amide bonds. The van der Waals surface area contributed by atoms with E-state index in [0.29, 0.717) is 5.57 Å². The van der Waals surface area contributed by atoms with Gasteiger partial charge in [-0.1, -0.05) is 30.3 Å². The van der Waals surface area contributed by atoms with Crippen LogP contribution in [0, 0.1) is 0 Å². The van der Waals surface area contributed by atoms with Crippen LogP contribution in [-0.4, -0.2) is 17.0 Å². The van der Waals surface area contributed by atoms with Gasteiger partial charge in [0.05, 0.1) is 6.10 Å². The Morgan fingerprint density at radius 1 is 1.36 bits per heavy atom. The zero-order valence-electron chi connectivity index (χ0n) is 8.40. The molecule has 1 rings (SSSR count). The molecule has 0 saturated heterocycles. The summed E-state index contributed by atoms with van der Waals surface area (Å²) in [6, 6.07) is 9.49. The fraction of sp³-hybridized carbons (Fsp3) is 0.250. The number of hydrogen-bond donors (Lipinski definition) is 1. The monoisotopic (exact) mass is 190 g/mol. The van der Waals surface area contributed by atoms with E-state index in [1.807, 2.05) is 30.3 Å². The van der Waals surface area contributed by atoms with Gasteiger partial charge in [-0.15, -0.1) is 0 Å². The van der Waals surface area contributed by atoms with Crippen molar-refractivity contribution in [3.63, 3.8) is 0 Å². The number of carbonyl (C=O) groups is 1. The summed E-state index contributed by atoms with van der Waals surface area (Å²) in [5.41, 5.74) is 1.37. The van der Waals surface area contributed by atoms with Gasteiger partial charge in [-0.25, -0.2) is 0 Å². The maximum absolute atomic E-state index is 11.2. The molecule has 1 aromatic rings. The molecule has 0 heterocycles. The first-order chi connectivity index (χ1) is 6.61. The van der Waals surface area contributed by atoms with E-state index in [1.54, 1.807) is 13.0 Å². The maximum Gasteiger partial charge on any atom is 0.158 e. The Hall–Kier alpha value is -1.41. The number of rotatable bonds is 3. The van der Waals surface area contributed by atoms with Crippen molar-refractivity contribution in [2.24, 2.45) is 0 Å². The molecule has 2 heteroatoms. The van der Waals surface area contributed by atoms with Crippen molar-refractivity contribution >= 4 is 11.9 Å². The van der Waals surface area contributed by atoms with Gasteiger partial charge in [0.25, 0.3) is 0 Å². The topological polar surface area (TPSA) is 37.3 Å². The van der Waals surface area contributed by atoms with E-state index in [-0.39, 0.29) is 5.78 Å². The van der Waals surface area contributed by atoms with E-state index in [4.69, 9.17) is 0 Å². The molecule has 0 radical (unpaired) electrons. The van der Waals surface area contributed by atoms with E-state index in [9.17, 15) is 9.90 Å². The molecule has 1 unspecified atom stereocenters. The SMILES string of the molecule is CC(=O)/C(=C/c1ccccc1)C(C)O. The van der Waals surface area contributed by atoms with E-state index in [1.165, 1.54) is 6.92 Å². The van der Waals surface area contributed by atoms with Crippen LogP contribution in [0.15, 0.2) is 35.9 Å². The maximum atomic E-state index is 11.2. The number of aliphatic hydroxyl groups is 1. The average molecular weight is 190 g/mol. The largest absolute Gasteiger partial charge is 0.389 e. The first-order valence-corrected chi connectivity index (χ1v) is 4.57. The van der Waals surface area contributed by atoms with Crippen molar-refractivity contribution in [2.75, 3.05) is 0 Å². The summed E-state index contributed by atoms with van der Waals surface area (Å²) in [6.07, 6.45) is 1.00. The second-order valence-electron chi connectivity index (χ2n) is 3.24. The Kier molecular flexibility index (Phi) is 3.60. The number of aliphatic hydroxyl groups excluding tert-OH is 1. The van der Waals surface area contributed by atoms with Crippen LogP contribution in [0.3, 0.4) is 0 Å². The average Bonchev–Trinajstić information content (AvgIpc) is 2.15. The molecule has 0 bridgehead atoms. The minimum absolute atomic E-state index is 0.0937. The van der Waals surface area contributed by atoms with Crippen LogP contribution < -0.4 is 0 Å². The predicted octanol–water partition coefficient (Wildman–Crippen LogP) is 2.04. The molecule has 1 N–H and O–H groups in total. The third kappa shape index (κ3) is 2.82. The van der Waals surface area contributed by atoms with Crippen LogP contribution >= 0.6 is 0 Å². The highest BCUT2D eigenvalue weighted by Gasteiger charge is 2.09. The molecule has 74 valence electrons. The molecule has 14 heavy (non-hydrogen) atoms. The van der Waals surface area contributed by atoms with Gasteiger partial charge in [-0.2, -0.15) is 0 Å². The van der Waals surface area contributed by atoms with E-state index >= 15 is 0 Å². The lowest BCUT2D eigenvalue weighted by Gasteiger charge is -2.06. The molecule has 0 saturated carbocycles. The highest BCUT2D eigenvalue weighted by atomic mass is 16.3. The quantitative estimate of drug-likeness (QED) is 0.740. The number of carbonyl (C=O) groups excluding carboxylic acids is 1. The fourth-order valence-corrected chi connectivity index (χ4v) is 1.25. The Bertz CT molecular complexity index is 337. The Morgan fingerprint density at radius 3 is 2.36 bits per heavy atom. The Balaban J connectivity index is 3.00. The lowest BCUT2D eigenvalue weighted by molar-refractivity contribution is -0.114. The number of Topliss-reactive ketones (excluding diaryl/α,β-unsaturated/α-hetero) is 1. The van der Waals surface area contributed by atoms with E-state index in [0.717, 1.165) is 5.56 Å². The minimum atomic E-state index is -0.715. The molecular formula is C12H14O2. The predicted molar refractivity (Wildman–Crippen MR) is 56.8 cm³/mol. The lowest BCUT2D eigenvalue weighted by atomic mass is 10.0. The fourth-order valence-electron chi connectivity index (χ4n) is 1.25. The number of hydrogen-bond acceptors (Lipinski definition) is 2. The highest BCUT2D eigenvalue weighted by molar-refractivity contribution is 5.98. The van der Waals surface area contributed by atoms with Gasteiger partial charge in [-0.05, 0) is 25.5 Å². The molecule has 0 fully saturated rings. The molecular weight excluding hydrogens is 176 g/mol. The van der Waals surface area contributed by atoms with Gasteiger partial charge >= 0.3 is 0 Å². The smallest absolute Gasteiger partial charge is 0.158 e. The van der Waals surface area contributed by atoms with Crippen LogP contribution in [0.25, 0.3) is 6.08 Å². The molecule has 0 aliphatic heterocycles. The zero-order chi connectivity index (χ0) is 10.6. The van der Waals surface area contributed by atoms with E-state index in [2.05, 4.69) is 0 Å².